The topological polar surface area (TPSA) is 21.3 Å². The molecule has 1 atom stereocenters. The van der Waals surface area contributed by atoms with Crippen LogP contribution in [0.3, 0.4) is 0 Å². The molecule has 0 saturated carbocycles. The third-order valence-electron chi connectivity index (χ3n) is 2.97. The van der Waals surface area contributed by atoms with Crippen LogP contribution >= 0.6 is 0 Å². The van der Waals surface area contributed by atoms with E-state index in [-0.39, 0.29) is 12.6 Å². The van der Waals surface area contributed by atoms with Gasteiger partial charge in [0.05, 0.1) is 0 Å². The molecule has 0 amide bonds. The lowest BCUT2D eigenvalue weighted by Crippen LogP contribution is -2.22. The van der Waals surface area contributed by atoms with Crippen molar-refractivity contribution in [3.8, 4) is 0 Å². The molecule has 0 radical (unpaired) electrons. The van der Waals surface area contributed by atoms with Crippen LogP contribution in [0.1, 0.15) is 29.2 Å². The lowest BCUT2D eigenvalue weighted by atomic mass is 9.97. The van der Waals surface area contributed by atoms with Crippen LogP contribution in [0.4, 0.5) is 13.2 Å². The first-order valence-electron chi connectivity index (χ1n) is 6.22. The van der Waals surface area contributed by atoms with Crippen molar-refractivity contribution in [2.24, 2.45) is 0 Å². The van der Waals surface area contributed by atoms with Crippen LogP contribution in [0.15, 0.2) is 18.2 Å². The van der Waals surface area contributed by atoms with Gasteiger partial charge in [0.25, 0.3) is 0 Å². The number of aryl methyl sites for hydroxylation is 2. The van der Waals surface area contributed by atoms with Gasteiger partial charge < -0.3 is 10.1 Å². The standard InChI is InChI=1S/C14H20F3NO/c1-10-4-5-12(11(2)8-10)13(18-3)6-7-19-9-14(15,16)17/h4-5,8,13,18H,6-7,9H2,1-3H3. The highest BCUT2D eigenvalue weighted by Gasteiger charge is 2.27. The van der Waals surface area contributed by atoms with Crippen molar-refractivity contribution in [2.45, 2.75) is 32.5 Å². The predicted octanol–water partition coefficient (Wildman–Crippen LogP) is 3.53. The Labute approximate surface area is 112 Å². The van der Waals surface area contributed by atoms with Gasteiger partial charge >= 0.3 is 6.18 Å². The summed E-state index contributed by atoms with van der Waals surface area (Å²) in [6, 6.07) is 6.09. The maximum Gasteiger partial charge on any atom is 0.411 e. The summed E-state index contributed by atoms with van der Waals surface area (Å²) in [5, 5.41) is 3.12. The zero-order valence-electron chi connectivity index (χ0n) is 11.5. The summed E-state index contributed by atoms with van der Waals surface area (Å²) in [6.45, 7) is 2.91. The van der Waals surface area contributed by atoms with Crippen molar-refractivity contribution < 1.29 is 17.9 Å². The second kappa shape index (κ2) is 6.91. The maximum absolute atomic E-state index is 12.0. The molecule has 0 heterocycles. The van der Waals surface area contributed by atoms with Gasteiger partial charge in [0.15, 0.2) is 0 Å². The maximum atomic E-state index is 12.0. The summed E-state index contributed by atoms with van der Waals surface area (Å²) in [7, 11) is 1.80. The molecule has 1 unspecified atom stereocenters. The Morgan fingerprint density at radius 2 is 1.95 bits per heavy atom. The van der Waals surface area contributed by atoms with E-state index in [0.717, 1.165) is 11.1 Å². The first-order chi connectivity index (χ1) is 8.83. The van der Waals surface area contributed by atoms with Gasteiger partial charge in [-0.05, 0) is 38.4 Å². The Balaban J connectivity index is 2.54. The molecule has 5 heteroatoms. The zero-order valence-corrected chi connectivity index (χ0v) is 11.5. The van der Waals surface area contributed by atoms with Gasteiger partial charge in [0.1, 0.15) is 6.61 Å². The number of ether oxygens (including phenoxy) is 1. The van der Waals surface area contributed by atoms with Crippen LogP contribution in [0.5, 0.6) is 0 Å². The molecule has 0 aliphatic carbocycles. The molecule has 108 valence electrons. The Bertz CT molecular complexity index is 404. The number of benzene rings is 1. The molecular formula is C14H20F3NO. The molecular weight excluding hydrogens is 255 g/mol. The average Bonchev–Trinajstić information content (AvgIpc) is 2.29. The number of rotatable bonds is 6. The lowest BCUT2D eigenvalue weighted by Gasteiger charge is -2.19. The van der Waals surface area contributed by atoms with E-state index in [4.69, 9.17) is 0 Å². The summed E-state index contributed by atoms with van der Waals surface area (Å²) >= 11 is 0. The van der Waals surface area contributed by atoms with E-state index in [9.17, 15) is 13.2 Å². The van der Waals surface area contributed by atoms with Crippen LogP contribution in [-0.4, -0.2) is 26.4 Å². The van der Waals surface area contributed by atoms with Crippen LogP contribution in [0.2, 0.25) is 0 Å². The smallest absolute Gasteiger partial charge is 0.372 e. The van der Waals surface area contributed by atoms with E-state index >= 15 is 0 Å². The van der Waals surface area contributed by atoms with Gasteiger partial charge in [0, 0.05) is 12.6 Å². The molecule has 1 N–H and O–H groups in total. The minimum absolute atomic E-state index is 0.00818. The van der Waals surface area contributed by atoms with Gasteiger partial charge in [-0.1, -0.05) is 23.8 Å². The molecule has 0 spiro atoms. The van der Waals surface area contributed by atoms with Crippen LogP contribution < -0.4 is 5.32 Å². The Morgan fingerprint density at radius 3 is 2.47 bits per heavy atom. The highest BCUT2D eigenvalue weighted by atomic mass is 19.4. The van der Waals surface area contributed by atoms with Crippen molar-refractivity contribution in [2.75, 3.05) is 20.3 Å². The van der Waals surface area contributed by atoms with E-state index in [2.05, 4.69) is 16.1 Å². The minimum atomic E-state index is -4.26. The molecule has 0 saturated heterocycles. The van der Waals surface area contributed by atoms with E-state index in [1.807, 2.05) is 26.0 Å². The van der Waals surface area contributed by atoms with E-state index < -0.39 is 12.8 Å². The van der Waals surface area contributed by atoms with Crippen molar-refractivity contribution in [1.29, 1.82) is 0 Å². The quantitative estimate of drug-likeness (QED) is 0.802. The molecule has 0 aliphatic rings. The predicted molar refractivity (Wildman–Crippen MR) is 69.2 cm³/mol. The largest absolute Gasteiger partial charge is 0.411 e. The van der Waals surface area contributed by atoms with Crippen molar-refractivity contribution in [3.05, 3.63) is 34.9 Å². The van der Waals surface area contributed by atoms with Crippen molar-refractivity contribution in [3.63, 3.8) is 0 Å². The Morgan fingerprint density at radius 1 is 1.26 bits per heavy atom. The van der Waals surface area contributed by atoms with E-state index in [1.54, 1.807) is 7.05 Å². The van der Waals surface area contributed by atoms with Gasteiger partial charge in [-0.2, -0.15) is 13.2 Å². The fraction of sp³-hybridized carbons (Fsp3) is 0.571. The molecule has 0 bridgehead atoms. The summed E-state index contributed by atoms with van der Waals surface area (Å²) in [5.74, 6) is 0. The summed E-state index contributed by atoms with van der Waals surface area (Å²) in [6.07, 6.45) is -3.74. The first-order valence-corrected chi connectivity index (χ1v) is 6.22. The van der Waals surface area contributed by atoms with Crippen molar-refractivity contribution in [1.82, 2.24) is 5.32 Å². The normalized spacial score (nSPS) is 13.6. The fourth-order valence-corrected chi connectivity index (χ4v) is 2.06. The second-order valence-electron chi connectivity index (χ2n) is 4.66. The molecule has 19 heavy (non-hydrogen) atoms. The lowest BCUT2D eigenvalue weighted by molar-refractivity contribution is -0.174. The highest BCUT2D eigenvalue weighted by Crippen LogP contribution is 2.22. The third-order valence-corrected chi connectivity index (χ3v) is 2.97. The Hall–Kier alpha value is -1.07. The van der Waals surface area contributed by atoms with Gasteiger partial charge in [0.2, 0.25) is 0 Å². The molecule has 1 aromatic carbocycles. The van der Waals surface area contributed by atoms with Crippen molar-refractivity contribution >= 4 is 0 Å². The van der Waals surface area contributed by atoms with E-state index in [0.29, 0.717) is 6.42 Å². The number of hydrogen-bond donors (Lipinski definition) is 1. The second-order valence-corrected chi connectivity index (χ2v) is 4.66. The highest BCUT2D eigenvalue weighted by molar-refractivity contribution is 5.32. The summed E-state index contributed by atoms with van der Waals surface area (Å²) in [5.41, 5.74) is 3.41. The SMILES string of the molecule is CNC(CCOCC(F)(F)F)c1ccc(C)cc1C. The number of nitrogens with one attached hydrogen (secondary N) is 1. The van der Waals surface area contributed by atoms with Gasteiger partial charge in [-0.15, -0.1) is 0 Å². The fourth-order valence-electron chi connectivity index (χ4n) is 2.06. The van der Waals surface area contributed by atoms with Crippen LogP contribution in [-0.2, 0) is 4.74 Å². The zero-order chi connectivity index (χ0) is 14.5. The minimum Gasteiger partial charge on any atom is -0.372 e. The Kier molecular flexibility index (Phi) is 5.82. The summed E-state index contributed by atoms with van der Waals surface area (Å²) in [4.78, 5) is 0. The third kappa shape index (κ3) is 5.61. The monoisotopic (exact) mass is 275 g/mol. The number of hydrogen-bond acceptors (Lipinski definition) is 2. The van der Waals surface area contributed by atoms with Crippen LogP contribution in [0, 0.1) is 13.8 Å². The van der Waals surface area contributed by atoms with Crippen LogP contribution in [0.25, 0.3) is 0 Å². The van der Waals surface area contributed by atoms with Gasteiger partial charge in [-0.3, -0.25) is 0 Å². The molecule has 0 aliphatic heterocycles. The first kappa shape index (κ1) is 16.0. The molecule has 2 nitrogen and oxygen atoms in total. The van der Waals surface area contributed by atoms with Gasteiger partial charge in [-0.25, -0.2) is 0 Å². The van der Waals surface area contributed by atoms with E-state index in [1.165, 1.54) is 5.56 Å². The molecule has 1 rings (SSSR count). The summed E-state index contributed by atoms with van der Waals surface area (Å²) < 4.78 is 40.5. The number of halogens is 3. The molecule has 0 fully saturated rings. The average molecular weight is 275 g/mol. The number of alkyl halides is 3. The molecule has 0 aromatic heterocycles. The molecule has 1 aromatic rings.